The van der Waals surface area contributed by atoms with Gasteiger partial charge in [0.2, 0.25) is 0 Å². The smallest absolute Gasteiger partial charge is 0.276 e. The number of non-ortho nitro benzene ring substituents is 1. The molecule has 0 aliphatic heterocycles. The molecule has 0 radical (unpaired) electrons. The number of hydrogen-bond acceptors (Lipinski definition) is 6. The fraction of sp³-hybridized carbons (Fsp3) is 0.150. The van der Waals surface area contributed by atoms with Gasteiger partial charge in [-0.1, -0.05) is 25.5 Å². The molecular formula is C20H19N3O5S. The van der Waals surface area contributed by atoms with Crippen LogP contribution < -0.4 is 4.83 Å². The summed E-state index contributed by atoms with van der Waals surface area (Å²) < 4.78 is 30.2. The highest BCUT2D eigenvalue weighted by Gasteiger charge is 2.12. The minimum atomic E-state index is -3.77. The summed E-state index contributed by atoms with van der Waals surface area (Å²) in [5.41, 5.74) is 1.71. The first-order chi connectivity index (χ1) is 13.9. The minimum Gasteiger partial charge on any atom is -0.455 e. The molecule has 9 heteroatoms. The Balaban J connectivity index is 1.66. The standard InChI is InChI=1S/C20H19N3O5S/c1-2-3-15-4-11-19(12-5-15)29(26,27)22-21-14-18-10-13-20(28-18)16-6-8-17(9-7-16)23(24)25/h4-14,22H,2-3H2,1H3/b21-14-. The number of rotatable bonds is 8. The molecular weight excluding hydrogens is 394 g/mol. The minimum absolute atomic E-state index is 0.0146. The molecule has 0 saturated heterocycles. The van der Waals surface area contributed by atoms with Crippen LogP contribution in [0, 0.1) is 10.1 Å². The van der Waals surface area contributed by atoms with Gasteiger partial charge in [0, 0.05) is 17.7 Å². The molecule has 0 atom stereocenters. The molecule has 0 bridgehead atoms. The Kier molecular flexibility index (Phi) is 6.08. The van der Waals surface area contributed by atoms with Gasteiger partial charge in [-0.3, -0.25) is 10.1 Å². The van der Waals surface area contributed by atoms with Gasteiger partial charge in [0.25, 0.3) is 15.7 Å². The van der Waals surface area contributed by atoms with E-state index in [1.54, 1.807) is 48.5 Å². The molecule has 0 saturated carbocycles. The lowest BCUT2D eigenvalue weighted by Gasteiger charge is -2.04. The van der Waals surface area contributed by atoms with Gasteiger partial charge in [-0.15, -0.1) is 0 Å². The number of aryl methyl sites for hydroxylation is 1. The Hall–Kier alpha value is -3.46. The van der Waals surface area contributed by atoms with E-state index in [-0.39, 0.29) is 10.6 Å². The number of nitro groups is 1. The number of hydrazone groups is 1. The number of nitro benzene ring substituents is 1. The first kappa shape index (κ1) is 20.3. The summed E-state index contributed by atoms with van der Waals surface area (Å²) >= 11 is 0. The van der Waals surface area contributed by atoms with Crippen molar-refractivity contribution in [1.82, 2.24) is 4.83 Å². The molecule has 0 amide bonds. The van der Waals surface area contributed by atoms with Crippen LogP contribution in [0.4, 0.5) is 5.69 Å². The topological polar surface area (TPSA) is 115 Å². The van der Waals surface area contributed by atoms with E-state index in [4.69, 9.17) is 4.42 Å². The van der Waals surface area contributed by atoms with E-state index < -0.39 is 14.9 Å². The van der Waals surface area contributed by atoms with Crippen molar-refractivity contribution in [1.29, 1.82) is 0 Å². The number of sulfonamides is 1. The summed E-state index contributed by atoms with van der Waals surface area (Å²) in [5, 5.41) is 14.5. The lowest BCUT2D eigenvalue weighted by molar-refractivity contribution is -0.384. The molecule has 8 nitrogen and oxygen atoms in total. The van der Waals surface area contributed by atoms with Crippen LogP contribution in [0.2, 0.25) is 0 Å². The summed E-state index contributed by atoms with van der Waals surface area (Å²) in [7, 11) is -3.77. The highest BCUT2D eigenvalue weighted by Crippen LogP contribution is 2.24. The third-order valence-electron chi connectivity index (χ3n) is 4.13. The number of furan rings is 1. The average molecular weight is 413 g/mol. The Morgan fingerprint density at radius 3 is 2.38 bits per heavy atom. The lowest BCUT2D eigenvalue weighted by Crippen LogP contribution is -2.18. The molecule has 3 aromatic rings. The number of nitrogens with one attached hydrogen (secondary N) is 1. The van der Waals surface area contributed by atoms with Crippen LogP contribution in [-0.2, 0) is 16.4 Å². The predicted molar refractivity (Wildman–Crippen MR) is 109 cm³/mol. The Bertz CT molecular complexity index is 1120. The number of benzene rings is 2. The summed E-state index contributed by atoms with van der Waals surface area (Å²) in [6.07, 6.45) is 3.12. The van der Waals surface area contributed by atoms with E-state index in [0.717, 1.165) is 18.4 Å². The van der Waals surface area contributed by atoms with Crippen molar-refractivity contribution in [3.63, 3.8) is 0 Å². The van der Waals surface area contributed by atoms with Crippen molar-refractivity contribution in [2.45, 2.75) is 24.7 Å². The molecule has 0 fully saturated rings. The van der Waals surface area contributed by atoms with Crippen LogP contribution in [0.1, 0.15) is 24.7 Å². The van der Waals surface area contributed by atoms with Crippen molar-refractivity contribution in [3.05, 3.63) is 82.1 Å². The predicted octanol–water partition coefficient (Wildman–Crippen LogP) is 4.12. The fourth-order valence-corrected chi connectivity index (χ4v) is 3.45. The first-order valence-electron chi connectivity index (χ1n) is 8.87. The van der Waals surface area contributed by atoms with Gasteiger partial charge in [-0.2, -0.15) is 18.4 Å². The van der Waals surface area contributed by atoms with E-state index in [2.05, 4.69) is 16.9 Å². The molecule has 0 aliphatic carbocycles. The Morgan fingerprint density at radius 1 is 1.07 bits per heavy atom. The molecule has 3 rings (SSSR count). The molecule has 1 heterocycles. The Morgan fingerprint density at radius 2 is 1.76 bits per heavy atom. The molecule has 150 valence electrons. The number of hydrogen-bond donors (Lipinski definition) is 1. The normalized spacial score (nSPS) is 11.6. The number of nitrogens with zero attached hydrogens (tertiary/aromatic N) is 2. The summed E-state index contributed by atoms with van der Waals surface area (Å²) in [4.78, 5) is 12.5. The second-order valence-corrected chi connectivity index (χ2v) is 7.91. The van der Waals surface area contributed by atoms with Gasteiger partial charge in [0.1, 0.15) is 11.5 Å². The summed E-state index contributed by atoms with van der Waals surface area (Å²) in [5.74, 6) is 0.815. The largest absolute Gasteiger partial charge is 0.455 e. The third-order valence-corrected chi connectivity index (χ3v) is 5.36. The van der Waals surface area contributed by atoms with Gasteiger partial charge in [-0.05, 0) is 48.4 Å². The summed E-state index contributed by atoms with van der Waals surface area (Å²) in [6.45, 7) is 2.06. The molecule has 1 aromatic heterocycles. The molecule has 2 aromatic carbocycles. The van der Waals surface area contributed by atoms with Crippen LogP contribution >= 0.6 is 0 Å². The maximum Gasteiger partial charge on any atom is 0.276 e. The molecule has 0 unspecified atom stereocenters. The zero-order chi connectivity index (χ0) is 20.9. The van der Waals surface area contributed by atoms with Crippen molar-refractivity contribution >= 4 is 21.9 Å². The maximum atomic E-state index is 12.3. The first-order valence-corrected chi connectivity index (χ1v) is 10.4. The van der Waals surface area contributed by atoms with E-state index in [0.29, 0.717) is 17.1 Å². The van der Waals surface area contributed by atoms with Crippen LogP contribution in [0.5, 0.6) is 0 Å². The van der Waals surface area contributed by atoms with E-state index in [9.17, 15) is 18.5 Å². The van der Waals surface area contributed by atoms with Crippen molar-refractivity contribution < 1.29 is 17.8 Å². The quantitative estimate of drug-likeness (QED) is 0.339. The van der Waals surface area contributed by atoms with E-state index >= 15 is 0 Å². The van der Waals surface area contributed by atoms with Gasteiger partial charge in [0.15, 0.2) is 0 Å². The van der Waals surface area contributed by atoms with Crippen LogP contribution in [0.15, 0.2) is 75.1 Å². The molecule has 29 heavy (non-hydrogen) atoms. The molecule has 0 spiro atoms. The van der Waals surface area contributed by atoms with E-state index in [1.807, 2.05) is 0 Å². The summed E-state index contributed by atoms with van der Waals surface area (Å²) in [6, 6.07) is 15.8. The van der Waals surface area contributed by atoms with Crippen molar-refractivity contribution in [2.75, 3.05) is 0 Å². The van der Waals surface area contributed by atoms with Crippen LogP contribution in [0.25, 0.3) is 11.3 Å². The molecule has 0 aliphatic rings. The fourth-order valence-electron chi connectivity index (χ4n) is 2.66. The average Bonchev–Trinajstić information content (AvgIpc) is 3.17. The van der Waals surface area contributed by atoms with Gasteiger partial charge >= 0.3 is 0 Å². The molecule has 1 N–H and O–H groups in total. The van der Waals surface area contributed by atoms with Gasteiger partial charge in [-0.25, -0.2) is 0 Å². The Labute approximate surface area is 168 Å². The second-order valence-electron chi connectivity index (χ2n) is 6.25. The monoisotopic (exact) mass is 413 g/mol. The van der Waals surface area contributed by atoms with Crippen LogP contribution in [-0.4, -0.2) is 19.6 Å². The van der Waals surface area contributed by atoms with Gasteiger partial charge < -0.3 is 4.42 Å². The third kappa shape index (κ3) is 5.08. The van der Waals surface area contributed by atoms with Crippen LogP contribution in [0.3, 0.4) is 0 Å². The lowest BCUT2D eigenvalue weighted by atomic mass is 10.1. The zero-order valence-electron chi connectivity index (χ0n) is 15.6. The zero-order valence-corrected chi connectivity index (χ0v) is 16.4. The highest BCUT2D eigenvalue weighted by molar-refractivity contribution is 7.89. The van der Waals surface area contributed by atoms with Crippen molar-refractivity contribution in [3.8, 4) is 11.3 Å². The maximum absolute atomic E-state index is 12.3. The SMILES string of the molecule is CCCc1ccc(S(=O)(=O)N/N=C\c2ccc(-c3ccc([N+](=O)[O-])cc3)o2)cc1. The second kappa shape index (κ2) is 8.70. The van der Waals surface area contributed by atoms with Crippen molar-refractivity contribution in [2.24, 2.45) is 5.10 Å². The van der Waals surface area contributed by atoms with Gasteiger partial charge in [0.05, 0.1) is 16.0 Å². The highest BCUT2D eigenvalue weighted by atomic mass is 32.2. The van der Waals surface area contributed by atoms with E-state index in [1.165, 1.54) is 18.3 Å².